The molecule has 0 aliphatic heterocycles. The third-order valence-corrected chi connectivity index (χ3v) is 9.92. The van der Waals surface area contributed by atoms with Gasteiger partial charge in [-0.15, -0.1) is 0 Å². The van der Waals surface area contributed by atoms with Gasteiger partial charge in [-0.1, -0.05) is 96.8 Å². The first kappa shape index (κ1) is 45.4. The minimum atomic E-state index is -3.29. The molecule has 0 aliphatic carbocycles. The molecule has 2 aromatic rings. The lowest BCUT2D eigenvalue weighted by atomic mass is 10.0. The molecule has 2 amide bonds. The number of amides is 2. The third kappa shape index (κ3) is 18.7. The van der Waals surface area contributed by atoms with Crippen molar-refractivity contribution in [1.29, 1.82) is 0 Å². The maximum atomic E-state index is 13.4. The van der Waals surface area contributed by atoms with Crippen LogP contribution in [0.4, 0.5) is 22.7 Å². The molecule has 2 rings (SSSR count). The van der Waals surface area contributed by atoms with Crippen LogP contribution in [0.15, 0.2) is 41.4 Å². The summed E-state index contributed by atoms with van der Waals surface area (Å²) in [6.45, 7) is 8.71. The van der Waals surface area contributed by atoms with Gasteiger partial charge in [0.2, 0.25) is 15.9 Å². The minimum Gasteiger partial charge on any atom is -0.495 e. The number of carbonyl (C=O) groups is 3. The van der Waals surface area contributed by atoms with Crippen LogP contribution >= 0.6 is 0 Å². The molecule has 2 aromatic carbocycles. The summed E-state index contributed by atoms with van der Waals surface area (Å²) < 4.78 is 30.8. The summed E-state index contributed by atoms with van der Waals surface area (Å²) in [5, 5.41) is 5.65. The SMILES string of the molecule is CCCCCCCCCCCCCCCCCC(=O)Nc1ccc(OC)c(NC(=O)C(=Nc2ccc(N(CC)CCNS(C)(=O)=O)cc2C)C(C)=O)c1. The van der Waals surface area contributed by atoms with Crippen molar-refractivity contribution in [2.75, 3.05) is 48.5 Å². The number of nitrogens with one attached hydrogen (secondary N) is 3. The van der Waals surface area contributed by atoms with Crippen LogP contribution in [0.1, 0.15) is 129 Å². The van der Waals surface area contributed by atoms with Crippen LogP contribution in [-0.2, 0) is 24.4 Å². The van der Waals surface area contributed by atoms with Gasteiger partial charge in [-0.2, -0.15) is 0 Å². The van der Waals surface area contributed by atoms with Gasteiger partial charge in [-0.05, 0) is 62.2 Å². The average molecular weight is 756 g/mol. The van der Waals surface area contributed by atoms with Gasteiger partial charge in [0.25, 0.3) is 5.91 Å². The van der Waals surface area contributed by atoms with E-state index < -0.39 is 21.7 Å². The van der Waals surface area contributed by atoms with E-state index in [0.29, 0.717) is 42.3 Å². The summed E-state index contributed by atoms with van der Waals surface area (Å²) >= 11 is 0. The number of likely N-dealkylation sites (N-methyl/N-ethyl adjacent to an activating group) is 1. The molecular formula is C41H65N5O6S. The van der Waals surface area contributed by atoms with Crippen LogP contribution in [0, 0.1) is 6.92 Å². The average Bonchev–Trinajstić information content (AvgIpc) is 3.10. The second-order valence-electron chi connectivity index (χ2n) is 13.9. The highest BCUT2D eigenvalue weighted by atomic mass is 32.2. The normalized spacial score (nSPS) is 11.7. The standard InChI is InChI=1S/C41H65N5O6S/c1-7-9-10-11-12-13-14-15-16-17-18-19-20-21-22-23-39(48)43-34-24-27-38(52-5)37(31-34)45-41(49)40(33(4)47)44-36-26-25-35(30-32(36)3)46(8-2)29-28-42-53(6,50)51/h24-27,30-31,42H,7-23,28-29H2,1-6H3,(H,43,48)(H,45,49). The number of benzene rings is 2. The first-order valence-corrected chi connectivity index (χ1v) is 21.5. The molecular weight excluding hydrogens is 691 g/mol. The summed E-state index contributed by atoms with van der Waals surface area (Å²) in [7, 11) is -1.82. The molecule has 0 unspecified atom stereocenters. The summed E-state index contributed by atoms with van der Waals surface area (Å²) in [6.07, 6.45) is 20.5. The van der Waals surface area contributed by atoms with E-state index in [2.05, 4.69) is 27.3 Å². The number of hydrogen-bond acceptors (Lipinski definition) is 8. The van der Waals surface area contributed by atoms with E-state index in [9.17, 15) is 22.8 Å². The van der Waals surface area contributed by atoms with Gasteiger partial charge in [-0.3, -0.25) is 14.4 Å². The first-order valence-electron chi connectivity index (χ1n) is 19.6. The van der Waals surface area contributed by atoms with Crippen molar-refractivity contribution >= 4 is 56.1 Å². The molecule has 0 heterocycles. The second kappa shape index (κ2) is 25.3. The van der Waals surface area contributed by atoms with E-state index in [1.807, 2.05) is 30.9 Å². The maximum absolute atomic E-state index is 13.4. The molecule has 0 saturated carbocycles. The van der Waals surface area contributed by atoms with Crippen LogP contribution in [0.3, 0.4) is 0 Å². The molecule has 0 fully saturated rings. The molecule has 0 atom stereocenters. The topological polar surface area (TPSA) is 146 Å². The van der Waals surface area contributed by atoms with Gasteiger partial charge in [0.15, 0.2) is 11.5 Å². The van der Waals surface area contributed by atoms with Crippen LogP contribution in [0.2, 0.25) is 0 Å². The first-order chi connectivity index (χ1) is 25.4. The quantitative estimate of drug-likeness (QED) is 0.0447. The number of aliphatic imine (C=N–C) groups is 1. The molecule has 296 valence electrons. The van der Waals surface area contributed by atoms with Gasteiger partial charge in [0, 0.05) is 44.4 Å². The maximum Gasteiger partial charge on any atom is 0.278 e. The molecule has 0 bridgehead atoms. The fourth-order valence-electron chi connectivity index (χ4n) is 6.15. The molecule has 11 nitrogen and oxygen atoms in total. The van der Waals surface area contributed by atoms with Crippen molar-refractivity contribution < 1.29 is 27.5 Å². The van der Waals surface area contributed by atoms with Crippen LogP contribution in [0.5, 0.6) is 5.75 Å². The van der Waals surface area contributed by atoms with Crippen molar-refractivity contribution in [2.24, 2.45) is 4.99 Å². The molecule has 53 heavy (non-hydrogen) atoms. The number of unbranched alkanes of at least 4 members (excludes halogenated alkanes) is 14. The van der Waals surface area contributed by atoms with Crippen molar-refractivity contribution in [3.8, 4) is 5.75 Å². The van der Waals surface area contributed by atoms with Gasteiger partial charge < -0.3 is 20.3 Å². The minimum absolute atomic E-state index is 0.0969. The number of ether oxygens (including phenoxy) is 1. The highest BCUT2D eigenvalue weighted by Gasteiger charge is 2.20. The van der Waals surface area contributed by atoms with Crippen LogP contribution in [0.25, 0.3) is 0 Å². The Morgan fingerprint density at radius 1 is 0.792 bits per heavy atom. The number of nitrogens with zero attached hydrogens (tertiary/aromatic N) is 2. The molecule has 0 aliphatic rings. The Bertz CT molecular complexity index is 1580. The predicted octanol–water partition coefficient (Wildman–Crippen LogP) is 8.88. The number of carbonyl (C=O) groups excluding carboxylic acids is 3. The molecule has 12 heteroatoms. The van der Waals surface area contributed by atoms with Gasteiger partial charge in [-0.25, -0.2) is 18.1 Å². The highest BCUT2D eigenvalue weighted by Crippen LogP contribution is 2.29. The summed E-state index contributed by atoms with van der Waals surface area (Å²) in [5.74, 6) is -0.949. The Morgan fingerprint density at radius 2 is 1.38 bits per heavy atom. The molecule has 0 saturated heterocycles. The Morgan fingerprint density at radius 3 is 1.89 bits per heavy atom. The van der Waals surface area contributed by atoms with E-state index in [4.69, 9.17) is 4.74 Å². The largest absolute Gasteiger partial charge is 0.495 e. The van der Waals surface area contributed by atoms with Crippen molar-refractivity contribution in [3.63, 3.8) is 0 Å². The van der Waals surface area contributed by atoms with E-state index in [0.717, 1.165) is 36.8 Å². The number of hydrogen-bond donors (Lipinski definition) is 3. The zero-order valence-corrected chi connectivity index (χ0v) is 34.0. The number of ketones is 1. The Kier molecular flexibility index (Phi) is 21.7. The van der Waals surface area contributed by atoms with Crippen LogP contribution < -0.4 is 25.0 Å². The van der Waals surface area contributed by atoms with Crippen molar-refractivity contribution in [2.45, 2.75) is 130 Å². The van der Waals surface area contributed by atoms with Crippen molar-refractivity contribution in [3.05, 3.63) is 42.0 Å². The lowest BCUT2D eigenvalue weighted by molar-refractivity contribution is -0.116. The van der Waals surface area contributed by atoms with Crippen molar-refractivity contribution in [1.82, 2.24) is 4.72 Å². The lowest BCUT2D eigenvalue weighted by Crippen LogP contribution is -2.34. The summed E-state index contributed by atoms with van der Waals surface area (Å²) in [5.41, 5.74) is 2.56. The predicted molar refractivity (Wildman–Crippen MR) is 219 cm³/mol. The molecule has 0 spiro atoms. The number of Topliss-reactive ketones (excluding diaryl/α,β-unsaturated/α-hetero) is 1. The smallest absolute Gasteiger partial charge is 0.278 e. The van der Waals surface area contributed by atoms with E-state index >= 15 is 0 Å². The fraction of sp³-hybridized carbons (Fsp3) is 0.610. The Labute approximate surface area is 319 Å². The molecule has 0 aromatic heterocycles. The summed E-state index contributed by atoms with van der Waals surface area (Å²) in [6, 6.07) is 10.4. The monoisotopic (exact) mass is 755 g/mol. The highest BCUT2D eigenvalue weighted by molar-refractivity contribution is 7.88. The third-order valence-electron chi connectivity index (χ3n) is 9.19. The number of methoxy groups -OCH3 is 1. The van der Waals surface area contributed by atoms with E-state index in [1.54, 1.807) is 24.3 Å². The van der Waals surface area contributed by atoms with Gasteiger partial charge in [0.05, 0.1) is 24.7 Å². The van der Waals surface area contributed by atoms with E-state index in [1.165, 1.54) is 91.1 Å². The number of sulfonamides is 1. The van der Waals surface area contributed by atoms with Crippen LogP contribution in [-0.4, -0.2) is 64.7 Å². The number of anilines is 3. The Balaban J connectivity index is 1.88. The molecule has 0 radical (unpaired) electrons. The van der Waals surface area contributed by atoms with E-state index in [-0.39, 0.29) is 18.2 Å². The zero-order chi connectivity index (χ0) is 39.1. The van der Waals surface area contributed by atoms with Gasteiger partial charge >= 0.3 is 0 Å². The Hall–Kier alpha value is -3.77. The lowest BCUT2D eigenvalue weighted by Gasteiger charge is -2.24. The number of rotatable bonds is 28. The summed E-state index contributed by atoms with van der Waals surface area (Å²) in [4.78, 5) is 45.2. The van der Waals surface area contributed by atoms with Gasteiger partial charge in [0.1, 0.15) is 5.75 Å². The fourth-order valence-corrected chi connectivity index (χ4v) is 6.61. The second-order valence-corrected chi connectivity index (χ2v) is 15.7. The molecule has 3 N–H and O–H groups in total. The number of aryl methyl sites for hydroxylation is 1. The zero-order valence-electron chi connectivity index (χ0n) is 33.2.